The number of hydrogen-bond donors (Lipinski definition) is 2. The molecule has 2 amide bonds. The summed E-state index contributed by atoms with van der Waals surface area (Å²) in [5.41, 5.74) is 5.53. The lowest BCUT2D eigenvalue weighted by molar-refractivity contribution is 0.170. The number of rotatable bonds is 7. The van der Waals surface area contributed by atoms with E-state index in [2.05, 4.69) is 28.1 Å². The zero-order chi connectivity index (χ0) is 33.6. The number of fused-ring (bicyclic) bond motifs is 3. The van der Waals surface area contributed by atoms with Crippen molar-refractivity contribution in [2.45, 2.75) is 62.2 Å². The van der Waals surface area contributed by atoms with Gasteiger partial charge in [-0.3, -0.25) is 0 Å². The van der Waals surface area contributed by atoms with Gasteiger partial charge in [0.25, 0.3) is 0 Å². The van der Waals surface area contributed by atoms with E-state index in [0.717, 1.165) is 58.2 Å². The van der Waals surface area contributed by atoms with Crippen LogP contribution < -0.4 is 14.8 Å². The molecule has 3 aliphatic rings. The van der Waals surface area contributed by atoms with Crippen LogP contribution in [0.1, 0.15) is 52.3 Å². The molecule has 0 radical (unpaired) electrons. The number of urea groups is 1. The quantitative estimate of drug-likeness (QED) is 0.176. The van der Waals surface area contributed by atoms with Gasteiger partial charge in [-0.1, -0.05) is 104 Å². The lowest BCUT2D eigenvalue weighted by Gasteiger charge is -2.33. The van der Waals surface area contributed by atoms with Gasteiger partial charge in [0, 0.05) is 24.4 Å². The highest BCUT2D eigenvalue weighted by Crippen LogP contribution is 2.44. The van der Waals surface area contributed by atoms with Crippen LogP contribution in [0.3, 0.4) is 0 Å². The molecule has 5 aromatic rings. The average Bonchev–Trinajstić information content (AvgIpc) is 3.86. The molecule has 49 heavy (non-hydrogen) atoms. The molecule has 2 heterocycles. The normalized spacial score (nSPS) is 19.1. The number of aromatic nitrogens is 2. The molecule has 8 nitrogen and oxygen atoms in total. The smallest absolute Gasteiger partial charge is 0.331 e. The van der Waals surface area contributed by atoms with Gasteiger partial charge >= 0.3 is 6.03 Å². The highest BCUT2D eigenvalue weighted by atomic mass is 32.2. The van der Waals surface area contributed by atoms with E-state index in [-0.39, 0.29) is 17.2 Å². The Hall–Kier alpha value is -4.96. The predicted molar refractivity (Wildman–Crippen MR) is 188 cm³/mol. The van der Waals surface area contributed by atoms with Crippen LogP contribution in [0.25, 0.3) is 0 Å². The predicted octanol–water partition coefficient (Wildman–Crippen LogP) is 7.39. The summed E-state index contributed by atoms with van der Waals surface area (Å²) < 4.78 is 46.7. The van der Waals surface area contributed by atoms with Gasteiger partial charge in [-0.05, 0) is 58.2 Å². The average molecular weight is 676 g/mol. The van der Waals surface area contributed by atoms with Crippen molar-refractivity contribution in [3.05, 3.63) is 142 Å². The van der Waals surface area contributed by atoms with Gasteiger partial charge in [-0.2, -0.15) is 9.46 Å². The molecule has 1 aromatic heterocycles. The first-order valence-electron chi connectivity index (χ1n) is 16.9. The van der Waals surface area contributed by atoms with E-state index < -0.39 is 27.7 Å². The summed E-state index contributed by atoms with van der Waals surface area (Å²) in [6.45, 7) is 3.04. The second-order valence-corrected chi connectivity index (χ2v) is 15.2. The second kappa shape index (κ2) is 12.5. The lowest BCUT2D eigenvalue weighted by Crippen LogP contribution is -2.38. The molecule has 8 rings (SSSR count). The number of halogens is 1. The largest absolute Gasteiger partial charge is 0.477 e. The third-order valence-corrected chi connectivity index (χ3v) is 11.7. The van der Waals surface area contributed by atoms with E-state index in [9.17, 15) is 9.18 Å². The SMILES string of the molecule is C[C@@H]1COc2c(S(=O)(=NC(c3ccccc3)(c3ccccc3)c3ccccc3)NC(=O)Nc3c4c(cc5c3C[C@@H](F)C5)CCC4)cnn2C1. The molecule has 2 aliphatic carbocycles. The van der Waals surface area contributed by atoms with E-state index in [1.165, 1.54) is 6.20 Å². The van der Waals surface area contributed by atoms with Crippen LogP contribution in [0, 0.1) is 5.92 Å². The zero-order valence-corrected chi connectivity index (χ0v) is 28.1. The molecule has 1 unspecified atom stereocenters. The minimum Gasteiger partial charge on any atom is -0.477 e. The minimum absolute atomic E-state index is 0.189. The summed E-state index contributed by atoms with van der Waals surface area (Å²) in [7, 11) is -3.86. The molecular weight excluding hydrogens is 638 g/mol. The number of anilines is 1. The van der Waals surface area contributed by atoms with Crippen LogP contribution >= 0.6 is 0 Å². The third-order valence-electron chi connectivity index (χ3n) is 9.82. The van der Waals surface area contributed by atoms with E-state index in [1.807, 2.05) is 91.0 Å². The van der Waals surface area contributed by atoms with Crippen molar-refractivity contribution in [2.75, 3.05) is 11.9 Å². The third kappa shape index (κ3) is 5.57. The Labute approximate surface area is 286 Å². The molecule has 0 saturated carbocycles. The summed E-state index contributed by atoms with van der Waals surface area (Å²) in [4.78, 5) is 14.5. The Bertz CT molecular complexity index is 2050. The Morgan fingerprint density at radius 2 is 1.55 bits per heavy atom. The first-order chi connectivity index (χ1) is 23.8. The molecular formula is C39H38FN5O3S. The zero-order valence-electron chi connectivity index (χ0n) is 27.3. The second-order valence-electron chi connectivity index (χ2n) is 13.3. The van der Waals surface area contributed by atoms with Crippen molar-refractivity contribution in [3.8, 4) is 5.88 Å². The summed E-state index contributed by atoms with van der Waals surface area (Å²) in [6.07, 6.45) is 3.70. The van der Waals surface area contributed by atoms with Gasteiger partial charge in [0.1, 0.15) is 16.6 Å². The van der Waals surface area contributed by atoms with Crippen LogP contribution in [0.5, 0.6) is 5.88 Å². The number of ether oxygens (including phenoxy) is 1. The molecule has 0 bridgehead atoms. The van der Waals surface area contributed by atoms with Crippen molar-refractivity contribution in [1.82, 2.24) is 14.5 Å². The van der Waals surface area contributed by atoms with Gasteiger partial charge in [0.2, 0.25) is 5.88 Å². The number of carbonyl (C=O) groups excluding carboxylic acids is 1. The fourth-order valence-corrected chi connectivity index (χ4v) is 9.47. The Morgan fingerprint density at radius 3 is 2.18 bits per heavy atom. The highest BCUT2D eigenvalue weighted by molar-refractivity contribution is 7.92. The first kappa shape index (κ1) is 31.3. The number of benzene rings is 4. The fourth-order valence-electron chi connectivity index (χ4n) is 7.62. The highest BCUT2D eigenvalue weighted by Gasteiger charge is 2.41. The molecule has 0 saturated heterocycles. The molecule has 0 fully saturated rings. The lowest BCUT2D eigenvalue weighted by atomic mass is 9.78. The van der Waals surface area contributed by atoms with Gasteiger partial charge in [0.05, 0.1) is 19.3 Å². The minimum atomic E-state index is -3.86. The summed E-state index contributed by atoms with van der Waals surface area (Å²) in [5, 5.41) is 7.60. The Balaban J connectivity index is 1.34. The van der Waals surface area contributed by atoms with Gasteiger partial charge < -0.3 is 10.1 Å². The number of nitrogens with one attached hydrogen (secondary N) is 2. The van der Waals surface area contributed by atoms with E-state index in [4.69, 9.17) is 9.10 Å². The Morgan fingerprint density at radius 1 is 0.918 bits per heavy atom. The van der Waals surface area contributed by atoms with Gasteiger partial charge in [0.15, 0.2) is 9.92 Å². The monoisotopic (exact) mass is 675 g/mol. The molecule has 4 aromatic carbocycles. The number of nitrogens with zero attached hydrogens (tertiary/aromatic N) is 3. The molecule has 0 spiro atoms. The van der Waals surface area contributed by atoms with Crippen molar-refractivity contribution in [1.29, 1.82) is 0 Å². The molecule has 250 valence electrons. The number of aryl methyl sites for hydroxylation is 1. The number of hydrogen-bond acceptors (Lipinski definition) is 5. The van der Waals surface area contributed by atoms with Crippen molar-refractivity contribution in [2.24, 2.45) is 10.3 Å². The van der Waals surface area contributed by atoms with Gasteiger partial charge in [-0.25, -0.2) is 22.8 Å². The van der Waals surface area contributed by atoms with Crippen LogP contribution in [0.4, 0.5) is 14.9 Å². The summed E-state index contributed by atoms with van der Waals surface area (Å²) in [6, 6.07) is 30.5. The molecule has 3 atom stereocenters. The molecule has 2 N–H and O–H groups in total. The standard InChI is InChI=1S/C39H38FN5O3S/c1-26-24-45-37(48-25-26)35(23-41-45)49(47,43-38(46)42-36-33-19-11-12-27(33)20-28-21-32(40)22-34(28)36)44-39(29-13-5-2-6-14-29,30-15-7-3-8-16-30)31-17-9-4-10-18-31/h2-10,13-18,20,23,26,32H,11-12,19,21-22,24-25H2,1H3,(H2,42,43,44,46,47)/t26-,32-,49?/m0/s1. The number of alkyl halides is 1. The van der Waals surface area contributed by atoms with Gasteiger partial charge in [-0.15, -0.1) is 0 Å². The van der Waals surface area contributed by atoms with E-state index in [0.29, 0.717) is 31.1 Å². The summed E-state index contributed by atoms with van der Waals surface area (Å²) >= 11 is 0. The van der Waals surface area contributed by atoms with E-state index >= 15 is 4.21 Å². The number of amides is 2. The van der Waals surface area contributed by atoms with Crippen LogP contribution in [-0.4, -0.2) is 32.8 Å². The first-order valence-corrected chi connectivity index (χ1v) is 18.4. The number of carbonyl (C=O) groups is 1. The van der Waals surface area contributed by atoms with Crippen LogP contribution in [-0.2, 0) is 47.7 Å². The van der Waals surface area contributed by atoms with Crippen molar-refractivity contribution in [3.63, 3.8) is 0 Å². The topological polar surface area (TPSA) is 97.6 Å². The Kier molecular flexibility index (Phi) is 7.98. The van der Waals surface area contributed by atoms with Crippen LogP contribution in [0.15, 0.2) is 113 Å². The van der Waals surface area contributed by atoms with E-state index in [1.54, 1.807) is 4.68 Å². The van der Waals surface area contributed by atoms with Crippen LogP contribution in [0.2, 0.25) is 0 Å². The maximum absolute atomic E-state index is 15.9. The van der Waals surface area contributed by atoms with Crippen molar-refractivity contribution < 1.29 is 18.1 Å². The maximum atomic E-state index is 15.9. The van der Waals surface area contributed by atoms with Crippen molar-refractivity contribution >= 4 is 21.6 Å². The molecule has 1 aliphatic heterocycles. The summed E-state index contributed by atoms with van der Waals surface area (Å²) in [5.74, 6) is 0.514. The fraction of sp³-hybridized carbons (Fsp3) is 0.282. The maximum Gasteiger partial charge on any atom is 0.331 e. The molecule has 10 heteroatoms.